The summed E-state index contributed by atoms with van der Waals surface area (Å²) in [6.45, 7) is 8.26. The van der Waals surface area contributed by atoms with Gasteiger partial charge in [0, 0.05) is 17.7 Å². The fourth-order valence-corrected chi connectivity index (χ4v) is 5.63. The van der Waals surface area contributed by atoms with Gasteiger partial charge in [0.05, 0.1) is 18.0 Å². The average molecular weight is 541 g/mol. The van der Waals surface area contributed by atoms with Gasteiger partial charge in [0.1, 0.15) is 30.2 Å². The molecule has 1 N–H and O–H groups in total. The maximum absolute atomic E-state index is 11.6. The normalized spacial score (nSPS) is 24.3. The smallest absolute Gasteiger partial charge is 0.164 e. The van der Waals surface area contributed by atoms with Crippen LogP contribution in [0.2, 0.25) is 0 Å². The summed E-state index contributed by atoms with van der Waals surface area (Å²) in [5, 5.41) is 11.6. The minimum absolute atomic E-state index is 0.268. The van der Waals surface area contributed by atoms with Gasteiger partial charge >= 0.3 is 0 Å². The van der Waals surface area contributed by atoms with Gasteiger partial charge in [0.25, 0.3) is 0 Å². The maximum atomic E-state index is 11.6. The van der Waals surface area contributed by atoms with Gasteiger partial charge in [-0.15, -0.1) is 0 Å². The van der Waals surface area contributed by atoms with Crippen molar-refractivity contribution in [3.63, 3.8) is 0 Å². The molecule has 7 nitrogen and oxygen atoms in total. The van der Waals surface area contributed by atoms with Crippen molar-refractivity contribution in [1.29, 1.82) is 0 Å². The predicted molar refractivity (Wildman–Crippen MR) is 152 cm³/mol. The number of rotatable bonds is 7. The van der Waals surface area contributed by atoms with E-state index in [0.29, 0.717) is 12.4 Å². The topological polar surface area (TPSA) is 75.0 Å². The zero-order valence-corrected chi connectivity index (χ0v) is 23.4. The molecule has 208 valence electrons. The van der Waals surface area contributed by atoms with E-state index in [9.17, 15) is 5.11 Å². The summed E-state index contributed by atoms with van der Waals surface area (Å²) in [6.07, 6.45) is -2.92. The molecule has 3 aromatic carbocycles. The van der Waals surface area contributed by atoms with Gasteiger partial charge < -0.3 is 28.6 Å². The molecule has 0 amide bonds. The second-order valence-electron chi connectivity index (χ2n) is 11.3. The largest absolute Gasteiger partial charge is 0.387 e. The summed E-state index contributed by atoms with van der Waals surface area (Å²) in [6, 6.07) is 30.8. The molecule has 2 saturated heterocycles. The van der Waals surface area contributed by atoms with Crippen LogP contribution in [0.1, 0.15) is 45.2 Å². The minimum atomic E-state index is -0.990. The first-order valence-electron chi connectivity index (χ1n) is 13.8. The molecular weight excluding hydrogens is 504 g/mol. The zero-order valence-electron chi connectivity index (χ0n) is 23.4. The number of benzene rings is 3. The third-order valence-corrected chi connectivity index (χ3v) is 7.41. The Morgan fingerprint density at radius 2 is 1.40 bits per heavy atom. The molecule has 1 aromatic heterocycles. The third-order valence-electron chi connectivity index (χ3n) is 7.41. The molecule has 0 spiro atoms. The van der Waals surface area contributed by atoms with Crippen LogP contribution in [0.3, 0.4) is 0 Å². The molecule has 6 rings (SSSR count). The summed E-state index contributed by atoms with van der Waals surface area (Å²) in [7, 11) is 0. The highest BCUT2D eigenvalue weighted by molar-refractivity contribution is 5.79. The molecule has 2 fully saturated rings. The summed E-state index contributed by atoms with van der Waals surface area (Å²) in [5.41, 5.74) is 5.00. The van der Waals surface area contributed by atoms with Gasteiger partial charge in [0.2, 0.25) is 0 Å². The summed E-state index contributed by atoms with van der Waals surface area (Å²) in [5.74, 6) is -1.02. The highest BCUT2D eigenvalue weighted by atomic mass is 16.8. The van der Waals surface area contributed by atoms with Crippen molar-refractivity contribution in [3.8, 4) is 22.5 Å². The Bertz CT molecular complexity index is 1440. The number of aliphatic hydroxyl groups is 1. The first-order chi connectivity index (χ1) is 19.2. The van der Waals surface area contributed by atoms with Crippen LogP contribution in [0.25, 0.3) is 22.5 Å². The molecule has 0 radical (unpaired) electrons. The third kappa shape index (κ3) is 5.36. The number of imidazole rings is 1. The SMILES string of the molecule is CC1(C)OC(c2nc(-c3ccccc3)c(-c3ccccc3)n2Cc2ccccc2)[C@H]([C@@H](O)[C@H]2COC(C)(C)O2)O1. The average Bonchev–Trinajstić information content (AvgIpc) is 3.61. The van der Waals surface area contributed by atoms with Crippen molar-refractivity contribution in [2.75, 3.05) is 6.61 Å². The van der Waals surface area contributed by atoms with Gasteiger partial charge in [-0.1, -0.05) is 91.0 Å². The predicted octanol–water partition coefficient (Wildman–Crippen LogP) is 5.97. The van der Waals surface area contributed by atoms with E-state index in [1.54, 1.807) is 0 Å². The van der Waals surface area contributed by atoms with Crippen LogP contribution >= 0.6 is 0 Å². The first kappa shape index (κ1) is 26.9. The van der Waals surface area contributed by atoms with Crippen LogP contribution in [0.4, 0.5) is 0 Å². The lowest BCUT2D eigenvalue weighted by atomic mass is 10.0. The lowest BCUT2D eigenvalue weighted by molar-refractivity contribution is -0.178. The molecule has 40 heavy (non-hydrogen) atoms. The van der Waals surface area contributed by atoms with Crippen LogP contribution in [-0.4, -0.2) is 51.2 Å². The van der Waals surface area contributed by atoms with Crippen molar-refractivity contribution in [2.45, 2.75) is 70.2 Å². The monoisotopic (exact) mass is 540 g/mol. The van der Waals surface area contributed by atoms with Gasteiger partial charge in [-0.2, -0.15) is 0 Å². The fourth-order valence-electron chi connectivity index (χ4n) is 5.63. The minimum Gasteiger partial charge on any atom is -0.387 e. The van der Waals surface area contributed by atoms with Gasteiger partial charge in [0.15, 0.2) is 11.6 Å². The first-order valence-corrected chi connectivity index (χ1v) is 13.8. The van der Waals surface area contributed by atoms with E-state index >= 15 is 0 Å². The molecule has 0 saturated carbocycles. The molecular formula is C33H36N2O5. The van der Waals surface area contributed by atoms with Crippen molar-refractivity contribution >= 4 is 0 Å². The van der Waals surface area contributed by atoms with Gasteiger partial charge in [-0.05, 0) is 33.3 Å². The molecule has 4 atom stereocenters. The molecule has 3 heterocycles. The lowest BCUT2D eigenvalue weighted by Crippen LogP contribution is -2.43. The van der Waals surface area contributed by atoms with Gasteiger partial charge in [-0.3, -0.25) is 0 Å². The Labute approximate surface area is 235 Å². The Morgan fingerprint density at radius 1 is 0.800 bits per heavy atom. The van der Waals surface area contributed by atoms with E-state index in [-0.39, 0.29) is 6.61 Å². The highest BCUT2D eigenvalue weighted by Crippen LogP contribution is 2.44. The van der Waals surface area contributed by atoms with Gasteiger partial charge in [-0.25, -0.2) is 4.98 Å². The van der Waals surface area contributed by atoms with Crippen molar-refractivity contribution < 1.29 is 24.1 Å². The quantitative estimate of drug-likeness (QED) is 0.311. The van der Waals surface area contributed by atoms with E-state index in [2.05, 4.69) is 41.0 Å². The number of aliphatic hydroxyl groups excluding tert-OH is 1. The maximum Gasteiger partial charge on any atom is 0.164 e. The van der Waals surface area contributed by atoms with Crippen LogP contribution in [-0.2, 0) is 25.5 Å². The van der Waals surface area contributed by atoms with Crippen molar-refractivity contribution in [1.82, 2.24) is 9.55 Å². The van der Waals surface area contributed by atoms with Crippen LogP contribution in [0.15, 0.2) is 91.0 Å². The zero-order chi connectivity index (χ0) is 27.9. The molecule has 0 bridgehead atoms. The van der Waals surface area contributed by atoms with E-state index < -0.39 is 36.0 Å². The highest BCUT2D eigenvalue weighted by Gasteiger charge is 2.52. The second-order valence-corrected chi connectivity index (χ2v) is 11.3. The number of aromatic nitrogens is 2. The summed E-state index contributed by atoms with van der Waals surface area (Å²) < 4.78 is 26.9. The standard InChI is InChI=1S/C33H36N2O5/c1-32(2)37-21-25(38-32)28(36)29-30(40-33(3,4)39-29)31-34-26(23-16-10-6-11-17-23)27(24-18-12-7-13-19-24)35(31)20-22-14-8-5-9-15-22/h5-19,25,28-30,36H,20-21H2,1-4H3/t25-,28+,29+,30?/m1/s1. The molecule has 7 heteroatoms. The van der Waals surface area contributed by atoms with Crippen molar-refractivity contribution in [2.24, 2.45) is 0 Å². The Morgan fingerprint density at radius 3 is 2.00 bits per heavy atom. The Hall–Kier alpha value is -3.33. The number of ether oxygens (including phenoxy) is 4. The molecule has 0 aliphatic carbocycles. The number of nitrogens with zero attached hydrogens (tertiary/aromatic N) is 2. The van der Waals surface area contributed by atoms with Crippen LogP contribution in [0, 0.1) is 0 Å². The van der Waals surface area contributed by atoms with Crippen LogP contribution in [0.5, 0.6) is 0 Å². The van der Waals surface area contributed by atoms with E-state index in [4.69, 9.17) is 23.9 Å². The van der Waals surface area contributed by atoms with E-state index in [0.717, 1.165) is 28.1 Å². The number of hydrogen-bond donors (Lipinski definition) is 1. The van der Waals surface area contributed by atoms with E-state index in [1.807, 2.05) is 82.3 Å². The lowest BCUT2D eigenvalue weighted by Gasteiger charge is -2.27. The Balaban J connectivity index is 1.52. The molecule has 4 aromatic rings. The molecule has 2 aliphatic heterocycles. The summed E-state index contributed by atoms with van der Waals surface area (Å²) in [4.78, 5) is 5.26. The molecule has 2 aliphatic rings. The molecule has 1 unspecified atom stereocenters. The number of hydrogen-bond acceptors (Lipinski definition) is 6. The fraction of sp³-hybridized carbons (Fsp3) is 0.364. The van der Waals surface area contributed by atoms with E-state index in [1.165, 1.54) is 0 Å². The second kappa shape index (κ2) is 10.6. The van der Waals surface area contributed by atoms with Crippen molar-refractivity contribution in [3.05, 3.63) is 102 Å². The Kier molecular flexibility index (Phi) is 7.10. The van der Waals surface area contributed by atoms with Crippen LogP contribution < -0.4 is 0 Å². The summed E-state index contributed by atoms with van der Waals surface area (Å²) >= 11 is 0.